The van der Waals surface area contributed by atoms with Crippen molar-refractivity contribution in [3.63, 3.8) is 0 Å². The van der Waals surface area contributed by atoms with Crippen LogP contribution in [0.2, 0.25) is 0 Å². The summed E-state index contributed by atoms with van der Waals surface area (Å²) >= 11 is 3.44. The van der Waals surface area contributed by atoms with Gasteiger partial charge < -0.3 is 10.6 Å². The molecule has 2 N–H and O–H groups in total. The fraction of sp³-hybridized carbons (Fsp3) is 0.333. The standard InChI is InChI=1S/C15H16BrN3O/c1-9-6-13(15(20)19-5-4-11(17)8-19)12-3-2-10(16)7-14(12)18-9/h2-3,6-7,11H,4-5,8,17H2,1H3. The van der Waals surface area contributed by atoms with E-state index in [1.165, 1.54) is 0 Å². The molecule has 1 unspecified atom stereocenters. The third-order valence-electron chi connectivity index (χ3n) is 3.64. The summed E-state index contributed by atoms with van der Waals surface area (Å²) in [6.07, 6.45) is 0.874. The van der Waals surface area contributed by atoms with Gasteiger partial charge in [0, 0.05) is 34.7 Å². The Morgan fingerprint density at radius 2 is 2.25 bits per heavy atom. The second-order valence-corrected chi connectivity index (χ2v) is 6.19. The summed E-state index contributed by atoms with van der Waals surface area (Å²) < 4.78 is 0.963. The third kappa shape index (κ3) is 2.43. The van der Waals surface area contributed by atoms with Gasteiger partial charge in [0.2, 0.25) is 0 Å². The number of carbonyl (C=O) groups excluding carboxylic acids is 1. The van der Waals surface area contributed by atoms with Gasteiger partial charge in [-0.05, 0) is 31.5 Å². The maximum absolute atomic E-state index is 12.7. The Hall–Kier alpha value is -1.46. The lowest BCUT2D eigenvalue weighted by Gasteiger charge is -2.17. The summed E-state index contributed by atoms with van der Waals surface area (Å²) in [6.45, 7) is 3.28. The van der Waals surface area contributed by atoms with E-state index in [0.29, 0.717) is 12.1 Å². The second-order valence-electron chi connectivity index (χ2n) is 5.27. The van der Waals surface area contributed by atoms with Crippen LogP contribution in [0, 0.1) is 6.92 Å². The van der Waals surface area contributed by atoms with Crippen molar-refractivity contribution in [3.05, 3.63) is 40.0 Å². The van der Waals surface area contributed by atoms with E-state index in [4.69, 9.17) is 5.73 Å². The quantitative estimate of drug-likeness (QED) is 0.872. The number of fused-ring (bicyclic) bond motifs is 1. The average molecular weight is 334 g/mol. The van der Waals surface area contributed by atoms with Gasteiger partial charge in [0.1, 0.15) is 0 Å². The molecule has 3 rings (SSSR count). The van der Waals surface area contributed by atoms with Crippen LogP contribution in [0.4, 0.5) is 0 Å². The molecule has 20 heavy (non-hydrogen) atoms. The van der Waals surface area contributed by atoms with E-state index in [1.54, 1.807) is 0 Å². The van der Waals surface area contributed by atoms with Crippen LogP contribution >= 0.6 is 15.9 Å². The van der Waals surface area contributed by atoms with E-state index in [2.05, 4.69) is 20.9 Å². The molecular weight excluding hydrogens is 318 g/mol. The molecule has 0 saturated carbocycles. The molecule has 1 fully saturated rings. The fourth-order valence-corrected chi connectivity index (χ4v) is 3.00. The van der Waals surface area contributed by atoms with Gasteiger partial charge in [-0.3, -0.25) is 9.78 Å². The van der Waals surface area contributed by atoms with Crippen LogP contribution in [-0.4, -0.2) is 34.9 Å². The third-order valence-corrected chi connectivity index (χ3v) is 4.14. The molecular formula is C15H16BrN3O. The van der Waals surface area contributed by atoms with E-state index in [9.17, 15) is 4.79 Å². The van der Waals surface area contributed by atoms with Crippen LogP contribution in [-0.2, 0) is 0 Å². The molecule has 1 aromatic carbocycles. The maximum Gasteiger partial charge on any atom is 0.254 e. The summed E-state index contributed by atoms with van der Waals surface area (Å²) in [5.41, 5.74) is 8.30. The average Bonchev–Trinajstić information content (AvgIpc) is 2.83. The van der Waals surface area contributed by atoms with Crippen LogP contribution in [0.3, 0.4) is 0 Å². The van der Waals surface area contributed by atoms with Crippen LogP contribution < -0.4 is 5.73 Å². The molecule has 2 heterocycles. The Bertz CT molecular complexity index is 681. The minimum Gasteiger partial charge on any atom is -0.337 e. The number of pyridine rings is 1. The van der Waals surface area contributed by atoms with Gasteiger partial charge in [0.25, 0.3) is 5.91 Å². The number of carbonyl (C=O) groups is 1. The van der Waals surface area contributed by atoms with Gasteiger partial charge in [-0.2, -0.15) is 0 Å². The number of aromatic nitrogens is 1. The Kier molecular flexibility index (Phi) is 3.48. The van der Waals surface area contributed by atoms with Gasteiger partial charge in [-0.1, -0.05) is 22.0 Å². The van der Waals surface area contributed by atoms with E-state index >= 15 is 0 Å². The Balaban J connectivity index is 2.08. The Labute approximate surface area is 126 Å². The maximum atomic E-state index is 12.7. The first kappa shape index (κ1) is 13.5. The Morgan fingerprint density at radius 3 is 2.95 bits per heavy atom. The monoisotopic (exact) mass is 333 g/mol. The molecule has 104 valence electrons. The van der Waals surface area contributed by atoms with Gasteiger partial charge in [-0.15, -0.1) is 0 Å². The first-order valence-corrected chi connectivity index (χ1v) is 7.45. The first-order chi connectivity index (χ1) is 9.54. The molecule has 1 aliphatic heterocycles. The predicted octanol–water partition coefficient (Wildman–Crippen LogP) is 2.48. The highest BCUT2D eigenvalue weighted by Gasteiger charge is 2.25. The highest BCUT2D eigenvalue weighted by molar-refractivity contribution is 9.10. The summed E-state index contributed by atoms with van der Waals surface area (Å²) in [5.74, 6) is 0.0516. The SMILES string of the molecule is Cc1cc(C(=O)N2CCC(N)C2)c2ccc(Br)cc2n1. The normalized spacial score (nSPS) is 18.8. The first-order valence-electron chi connectivity index (χ1n) is 6.66. The number of hydrogen-bond donors (Lipinski definition) is 1. The lowest BCUT2D eigenvalue weighted by atomic mass is 10.1. The summed E-state index contributed by atoms with van der Waals surface area (Å²) in [7, 11) is 0. The molecule has 1 aromatic heterocycles. The number of likely N-dealkylation sites (tertiary alicyclic amines) is 1. The van der Waals surface area contributed by atoms with Crippen LogP contribution in [0.15, 0.2) is 28.7 Å². The lowest BCUT2D eigenvalue weighted by molar-refractivity contribution is 0.0792. The van der Waals surface area contributed by atoms with Gasteiger partial charge in [-0.25, -0.2) is 0 Å². The molecule has 4 nitrogen and oxygen atoms in total. The summed E-state index contributed by atoms with van der Waals surface area (Å²) in [6, 6.07) is 7.78. The topological polar surface area (TPSA) is 59.2 Å². The van der Waals surface area contributed by atoms with E-state index in [-0.39, 0.29) is 11.9 Å². The van der Waals surface area contributed by atoms with E-state index in [1.807, 2.05) is 36.1 Å². The lowest BCUT2D eigenvalue weighted by Crippen LogP contribution is -2.32. The number of rotatable bonds is 1. The molecule has 0 bridgehead atoms. The van der Waals surface area contributed by atoms with Gasteiger partial charge in [0.05, 0.1) is 11.1 Å². The number of benzene rings is 1. The number of nitrogens with two attached hydrogens (primary N) is 1. The van der Waals surface area contributed by atoms with Crippen molar-refractivity contribution >= 4 is 32.7 Å². The largest absolute Gasteiger partial charge is 0.337 e. The van der Waals surface area contributed by atoms with Crippen molar-refractivity contribution in [2.45, 2.75) is 19.4 Å². The minimum atomic E-state index is 0.0516. The fourth-order valence-electron chi connectivity index (χ4n) is 2.65. The molecule has 1 saturated heterocycles. The number of hydrogen-bond acceptors (Lipinski definition) is 3. The zero-order valence-electron chi connectivity index (χ0n) is 11.3. The zero-order valence-corrected chi connectivity index (χ0v) is 12.9. The predicted molar refractivity (Wildman–Crippen MR) is 82.7 cm³/mol. The molecule has 2 aromatic rings. The van der Waals surface area contributed by atoms with E-state index in [0.717, 1.165) is 34.0 Å². The van der Waals surface area contributed by atoms with Crippen molar-refractivity contribution < 1.29 is 4.79 Å². The number of nitrogens with zero attached hydrogens (tertiary/aromatic N) is 2. The molecule has 5 heteroatoms. The van der Waals surface area contributed by atoms with Crippen LogP contribution in [0.5, 0.6) is 0 Å². The van der Waals surface area contributed by atoms with Crippen molar-refractivity contribution in [1.29, 1.82) is 0 Å². The number of aryl methyl sites for hydroxylation is 1. The molecule has 0 spiro atoms. The van der Waals surface area contributed by atoms with E-state index < -0.39 is 0 Å². The van der Waals surface area contributed by atoms with Crippen molar-refractivity contribution in [3.8, 4) is 0 Å². The van der Waals surface area contributed by atoms with Gasteiger partial charge >= 0.3 is 0 Å². The van der Waals surface area contributed by atoms with Crippen molar-refractivity contribution in [2.24, 2.45) is 5.73 Å². The van der Waals surface area contributed by atoms with Gasteiger partial charge in [0.15, 0.2) is 0 Å². The molecule has 1 aliphatic rings. The Morgan fingerprint density at radius 1 is 1.45 bits per heavy atom. The minimum absolute atomic E-state index is 0.0516. The number of amides is 1. The summed E-state index contributed by atoms with van der Waals surface area (Å²) in [5, 5.41) is 0.893. The zero-order chi connectivity index (χ0) is 14.3. The second kappa shape index (κ2) is 5.14. The highest BCUT2D eigenvalue weighted by atomic mass is 79.9. The molecule has 1 amide bonds. The van der Waals surface area contributed by atoms with Crippen molar-refractivity contribution in [2.75, 3.05) is 13.1 Å². The van der Waals surface area contributed by atoms with Crippen LogP contribution in [0.1, 0.15) is 22.5 Å². The molecule has 0 radical (unpaired) electrons. The highest BCUT2D eigenvalue weighted by Crippen LogP contribution is 2.24. The number of halogens is 1. The molecule has 1 atom stereocenters. The van der Waals surface area contributed by atoms with Crippen LogP contribution in [0.25, 0.3) is 10.9 Å². The van der Waals surface area contributed by atoms with Crippen molar-refractivity contribution in [1.82, 2.24) is 9.88 Å². The smallest absolute Gasteiger partial charge is 0.254 e. The molecule has 0 aliphatic carbocycles. The summed E-state index contributed by atoms with van der Waals surface area (Å²) in [4.78, 5) is 19.0.